The summed E-state index contributed by atoms with van der Waals surface area (Å²) in [6.07, 6.45) is 1.16. The highest BCUT2D eigenvalue weighted by molar-refractivity contribution is 7.89. The first-order valence-electron chi connectivity index (χ1n) is 8.07. The maximum Gasteiger partial charge on any atom is 0.317 e. The van der Waals surface area contributed by atoms with Gasteiger partial charge in [0, 0.05) is 24.7 Å². The van der Waals surface area contributed by atoms with Crippen LogP contribution in [0.15, 0.2) is 29.2 Å². The molecule has 1 fully saturated rings. The molecule has 1 amide bonds. The van der Waals surface area contributed by atoms with Crippen LogP contribution in [-0.2, 0) is 14.8 Å². The molecule has 1 aromatic rings. The molecule has 8 nitrogen and oxygen atoms in total. The van der Waals surface area contributed by atoms with E-state index >= 15 is 0 Å². The van der Waals surface area contributed by atoms with E-state index in [0.29, 0.717) is 24.9 Å². The molecule has 9 heteroatoms. The van der Waals surface area contributed by atoms with Crippen LogP contribution in [0.5, 0.6) is 0 Å². The van der Waals surface area contributed by atoms with Crippen LogP contribution in [0.1, 0.15) is 30.1 Å². The van der Waals surface area contributed by atoms with Gasteiger partial charge in [0.25, 0.3) is 5.91 Å². The molecular formula is C16H23N3O5S. The molecule has 0 saturated heterocycles. The van der Waals surface area contributed by atoms with E-state index < -0.39 is 16.0 Å². The van der Waals surface area contributed by atoms with E-state index in [4.69, 9.17) is 5.11 Å². The fraction of sp³-hybridized carbons (Fsp3) is 0.500. The number of hydrogen-bond donors (Lipinski definition) is 3. The summed E-state index contributed by atoms with van der Waals surface area (Å²) in [7, 11) is -2.16. The summed E-state index contributed by atoms with van der Waals surface area (Å²) < 4.78 is 27.4. The van der Waals surface area contributed by atoms with Gasteiger partial charge in [-0.15, -0.1) is 0 Å². The van der Waals surface area contributed by atoms with Crippen LogP contribution < -0.4 is 10.0 Å². The summed E-state index contributed by atoms with van der Waals surface area (Å²) in [5.74, 6) is -1.17. The molecule has 0 spiro atoms. The van der Waals surface area contributed by atoms with Crippen molar-refractivity contribution in [1.29, 1.82) is 0 Å². The van der Waals surface area contributed by atoms with Gasteiger partial charge in [0.05, 0.1) is 11.4 Å². The molecule has 1 saturated carbocycles. The van der Waals surface area contributed by atoms with Crippen LogP contribution in [0.4, 0.5) is 0 Å². The Morgan fingerprint density at radius 2 is 1.84 bits per heavy atom. The fourth-order valence-electron chi connectivity index (χ4n) is 2.87. The van der Waals surface area contributed by atoms with E-state index in [-0.39, 0.29) is 29.4 Å². The van der Waals surface area contributed by atoms with Crippen molar-refractivity contribution in [3.05, 3.63) is 29.8 Å². The Bertz CT molecular complexity index is 727. The lowest BCUT2D eigenvalue weighted by molar-refractivity contribution is -0.139. The van der Waals surface area contributed by atoms with E-state index in [2.05, 4.69) is 10.0 Å². The maximum atomic E-state index is 12.4. The molecule has 0 aliphatic heterocycles. The molecular weight excluding hydrogens is 346 g/mol. The summed E-state index contributed by atoms with van der Waals surface area (Å²) in [4.78, 5) is 24.2. The van der Waals surface area contributed by atoms with Crippen LogP contribution in [0.2, 0.25) is 0 Å². The van der Waals surface area contributed by atoms with Crippen molar-refractivity contribution >= 4 is 21.9 Å². The lowest BCUT2D eigenvalue weighted by atomic mass is 9.86. The maximum absolute atomic E-state index is 12.4. The van der Waals surface area contributed by atoms with Crippen molar-refractivity contribution in [2.75, 3.05) is 20.1 Å². The summed E-state index contributed by atoms with van der Waals surface area (Å²) in [6, 6.07) is 5.57. The highest BCUT2D eigenvalue weighted by atomic mass is 32.2. The van der Waals surface area contributed by atoms with E-state index in [1.54, 1.807) is 0 Å². The smallest absolute Gasteiger partial charge is 0.317 e. The zero-order chi connectivity index (χ0) is 18.6. The Morgan fingerprint density at radius 3 is 2.32 bits per heavy atom. The van der Waals surface area contributed by atoms with E-state index in [0.717, 1.165) is 0 Å². The minimum Gasteiger partial charge on any atom is -0.480 e. The number of carboxylic acid groups (broad SMARTS) is 1. The van der Waals surface area contributed by atoms with Crippen LogP contribution in [0, 0.1) is 0 Å². The van der Waals surface area contributed by atoms with Gasteiger partial charge >= 0.3 is 5.97 Å². The highest BCUT2D eigenvalue weighted by Crippen LogP contribution is 2.27. The number of nitrogens with zero attached hydrogens (tertiary/aromatic N) is 1. The minimum atomic E-state index is -3.67. The summed E-state index contributed by atoms with van der Waals surface area (Å²) in [5.41, 5.74) is 0.386. The molecule has 1 aliphatic rings. The third-order valence-corrected chi connectivity index (χ3v) is 5.89. The van der Waals surface area contributed by atoms with Gasteiger partial charge in [-0.1, -0.05) is 6.92 Å². The summed E-state index contributed by atoms with van der Waals surface area (Å²) >= 11 is 0. The van der Waals surface area contributed by atoms with E-state index in [1.165, 1.54) is 31.3 Å². The Kier molecular flexibility index (Phi) is 6.15. The standard InChI is InChI=1S/C16H23N3O5S/c1-3-19(10-15(20)21)13-8-12(9-13)18-25(23,24)14-6-4-11(5-7-14)16(22)17-2/h4-7,12-13,18H,3,8-10H2,1-2H3,(H,17,22)(H,20,21). The topological polar surface area (TPSA) is 116 Å². The second kappa shape index (κ2) is 7.94. The number of carbonyl (C=O) groups excluding carboxylic acids is 1. The van der Waals surface area contributed by atoms with Gasteiger partial charge < -0.3 is 10.4 Å². The number of amides is 1. The van der Waals surface area contributed by atoms with Crippen molar-refractivity contribution < 1.29 is 23.1 Å². The van der Waals surface area contributed by atoms with Gasteiger partial charge in [-0.3, -0.25) is 14.5 Å². The second-order valence-corrected chi connectivity index (χ2v) is 7.72. The van der Waals surface area contributed by atoms with E-state index in [9.17, 15) is 18.0 Å². The number of carbonyl (C=O) groups is 2. The first-order chi connectivity index (χ1) is 11.8. The third-order valence-electron chi connectivity index (χ3n) is 4.35. The van der Waals surface area contributed by atoms with Gasteiger partial charge in [0.2, 0.25) is 10.0 Å². The SMILES string of the molecule is CCN(CC(=O)O)C1CC(NS(=O)(=O)c2ccc(C(=O)NC)cc2)C1. The van der Waals surface area contributed by atoms with Crippen molar-refractivity contribution in [1.82, 2.24) is 14.9 Å². The average Bonchev–Trinajstić information content (AvgIpc) is 2.55. The fourth-order valence-corrected chi connectivity index (χ4v) is 4.13. The van der Waals surface area contributed by atoms with Gasteiger partial charge in [0.1, 0.15) is 0 Å². The largest absolute Gasteiger partial charge is 0.480 e. The Labute approximate surface area is 147 Å². The number of nitrogens with one attached hydrogen (secondary N) is 2. The molecule has 0 aromatic heterocycles. The lowest BCUT2D eigenvalue weighted by Gasteiger charge is -2.42. The zero-order valence-electron chi connectivity index (χ0n) is 14.2. The van der Waals surface area contributed by atoms with Crippen LogP contribution in [-0.4, -0.2) is 62.5 Å². The molecule has 2 rings (SSSR count). The van der Waals surface area contributed by atoms with Crippen LogP contribution in [0.25, 0.3) is 0 Å². The molecule has 1 aliphatic carbocycles. The molecule has 0 heterocycles. The third kappa shape index (κ3) is 4.77. The molecule has 0 bridgehead atoms. The molecule has 0 unspecified atom stereocenters. The van der Waals surface area contributed by atoms with Gasteiger partial charge in [-0.25, -0.2) is 13.1 Å². The van der Waals surface area contributed by atoms with Crippen molar-refractivity contribution in [3.63, 3.8) is 0 Å². The summed E-state index contributed by atoms with van der Waals surface area (Å²) in [6.45, 7) is 2.45. The van der Waals surface area contributed by atoms with Gasteiger partial charge in [-0.05, 0) is 43.7 Å². The predicted octanol–water partition coefficient (Wildman–Crippen LogP) is 0.262. The summed E-state index contributed by atoms with van der Waals surface area (Å²) in [5, 5.41) is 11.4. The minimum absolute atomic E-state index is 0.0401. The molecule has 0 atom stereocenters. The number of sulfonamides is 1. The molecule has 0 radical (unpaired) electrons. The van der Waals surface area contributed by atoms with Crippen LogP contribution in [0.3, 0.4) is 0 Å². The molecule has 25 heavy (non-hydrogen) atoms. The molecule has 3 N–H and O–H groups in total. The first-order valence-corrected chi connectivity index (χ1v) is 9.55. The van der Waals surface area contributed by atoms with Gasteiger partial charge in [-0.2, -0.15) is 0 Å². The number of carboxylic acids is 1. The molecule has 138 valence electrons. The van der Waals surface area contributed by atoms with Crippen molar-refractivity contribution in [2.45, 2.75) is 36.7 Å². The number of rotatable bonds is 8. The predicted molar refractivity (Wildman–Crippen MR) is 91.8 cm³/mol. The Balaban J connectivity index is 1.94. The first kappa shape index (κ1) is 19.4. The quantitative estimate of drug-likeness (QED) is 0.605. The van der Waals surface area contributed by atoms with Crippen molar-refractivity contribution in [2.24, 2.45) is 0 Å². The second-order valence-electron chi connectivity index (χ2n) is 6.00. The molecule has 1 aromatic carbocycles. The Morgan fingerprint density at radius 1 is 1.24 bits per heavy atom. The highest BCUT2D eigenvalue weighted by Gasteiger charge is 2.36. The normalized spacial score (nSPS) is 20.1. The number of likely N-dealkylation sites (N-methyl/N-ethyl adjacent to an activating group) is 1. The van der Waals surface area contributed by atoms with Gasteiger partial charge in [0.15, 0.2) is 0 Å². The van der Waals surface area contributed by atoms with E-state index in [1.807, 2.05) is 11.8 Å². The number of hydrogen-bond acceptors (Lipinski definition) is 5. The average molecular weight is 369 g/mol. The van der Waals surface area contributed by atoms with Crippen LogP contribution >= 0.6 is 0 Å². The number of benzene rings is 1. The Hall–Kier alpha value is -1.97. The zero-order valence-corrected chi connectivity index (χ0v) is 15.0. The monoisotopic (exact) mass is 369 g/mol. The number of aliphatic carboxylic acids is 1. The lowest BCUT2D eigenvalue weighted by Crippen LogP contribution is -2.54. The van der Waals surface area contributed by atoms with Crippen molar-refractivity contribution in [3.8, 4) is 0 Å².